The van der Waals surface area contributed by atoms with Crippen molar-refractivity contribution in [3.05, 3.63) is 23.3 Å². The number of nitriles is 1. The van der Waals surface area contributed by atoms with Crippen LogP contribution in [0.2, 0.25) is 0 Å². The number of ether oxygens (including phenoxy) is 1. The van der Waals surface area contributed by atoms with Gasteiger partial charge >= 0.3 is 0 Å². The molecule has 1 aromatic heterocycles. The van der Waals surface area contributed by atoms with E-state index in [1.54, 1.807) is 13.0 Å². The average molecular weight is 341 g/mol. The summed E-state index contributed by atoms with van der Waals surface area (Å²) in [6.45, 7) is 1.49. The summed E-state index contributed by atoms with van der Waals surface area (Å²) in [7, 11) is 0. The Morgan fingerprint density at radius 3 is 2.95 bits per heavy atom. The number of hydrogen-bond acceptors (Lipinski definition) is 8. The zero-order chi connectivity index (χ0) is 16.3. The molecular weight excluding hydrogens is 326 g/mol. The maximum atomic E-state index is 10.0. The van der Waals surface area contributed by atoms with Crippen LogP contribution in [-0.4, -0.2) is 42.8 Å². The third kappa shape index (κ3) is 3.10. The second-order valence-corrected chi connectivity index (χ2v) is 6.33. The number of aliphatic hydroxyl groups excluding tert-OH is 2. The highest BCUT2D eigenvalue weighted by Crippen LogP contribution is 2.46. The molecule has 1 aromatic rings. The van der Waals surface area contributed by atoms with E-state index in [4.69, 9.17) is 17.0 Å². The number of allylic oxidation sites excluding steroid dienone is 1. The van der Waals surface area contributed by atoms with Crippen molar-refractivity contribution >= 4 is 24.0 Å². The molecule has 22 heavy (non-hydrogen) atoms. The Labute approximate surface area is 136 Å². The fourth-order valence-electron chi connectivity index (χ4n) is 2.12. The van der Waals surface area contributed by atoms with Crippen molar-refractivity contribution < 1.29 is 20.1 Å². The van der Waals surface area contributed by atoms with Gasteiger partial charge in [0.2, 0.25) is 4.77 Å². The summed E-state index contributed by atoms with van der Waals surface area (Å²) in [6, 6.07) is 2.02. The van der Waals surface area contributed by atoms with E-state index in [0.29, 0.717) is 0 Å². The lowest BCUT2D eigenvalue weighted by Crippen LogP contribution is -2.28. The maximum absolute atomic E-state index is 10.0. The first-order valence-electron chi connectivity index (χ1n) is 6.47. The molecule has 0 bridgehead atoms. The number of thioether (sulfide) groups is 1. The highest BCUT2D eigenvalue weighted by molar-refractivity contribution is 8.00. The standard InChI is InChI=1S/C13H15N3O4S2/c1-2-3-20-11-8(18)5-16(13(21)15-11)12-7(4-14)10(19)9(6-17)22-12/h2-3,5,7,9-10,12,17-19H,6H2,1H3/b3-2+. The van der Waals surface area contributed by atoms with Gasteiger partial charge in [0.05, 0.1) is 36.5 Å². The molecule has 1 fully saturated rings. The molecule has 0 aromatic carbocycles. The Kier molecular flexibility index (Phi) is 5.42. The van der Waals surface area contributed by atoms with Crippen LogP contribution in [0.5, 0.6) is 11.6 Å². The lowest BCUT2D eigenvalue weighted by Gasteiger charge is -2.18. The summed E-state index contributed by atoms with van der Waals surface area (Å²) in [4.78, 5) is 3.99. The SMILES string of the molecule is C/C=C/Oc1nc(=S)n(C2SC(CO)C(O)C2C#N)cc1O. The van der Waals surface area contributed by atoms with E-state index in [0.717, 1.165) is 0 Å². The molecule has 0 saturated carbocycles. The summed E-state index contributed by atoms with van der Waals surface area (Å²) < 4.78 is 6.67. The third-order valence-corrected chi connectivity index (χ3v) is 5.07. The smallest absolute Gasteiger partial charge is 0.266 e. The van der Waals surface area contributed by atoms with Gasteiger partial charge in [0.25, 0.3) is 5.88 Å². The first kappa shape index (κ1) is 16.8. The van der Waals surface area contributed by atoms with Crippen LogP contribution < -0.4 is 4.74 Å². The molecule has 2 rings (SSSR count). The summed E-state index contributed by atoms with van der Waals surface area (Å²) >= 11 is 6.39. The van der Waals surface area contributed by atoms with E-state index < -0.39 is 22.6 Å². The van der Waals surface area contributed by atoms with E-state index in [9.17, 15) is 20.6 Å². The molecule has 0 radical (unpaired) electrons. The zero-order valence-electron chi connectivity index (χ0n) is 11.7. The number of rotatable bonds is 4. The molecule has 3 N–H and O–H groups in total. The Hall–Kier alpha value is -1.60. The first-order valence-corrected chi connectivity index (χ1v) is 7.82. The van der Waals surface area contributed by atoms with Crippen LogP contribution >= 0.6 is 24.0 Å². The fourth-order valence-corrected chi connectivity index (χ4v) is 3.89. The van der Waals surface area contributed by atoms with Crippen molar-refractivity contribution in [2.75, 3.05) is 6.61 Å². The number of aromatic nitrogens is 2. The van der Waals surface area contributed by atoms with Crippen molar-refractivity contribution in [1.82, 2.24) is 9.55 Å². The molecule has 1 aliphatic rings. The Morgan fingerprint density at radius 1 is 1.64 bits per heavy atom. The van der Waals surface area contributed by atoms with Gasteiger partial charge in [0, 0.05) is 0 Å². The van der Waals surface area contributed by atoms with Crippen LogP contribution in [0.1, 0.15) is 12.3 Å². The molecule has 4 atom stereocenters. The van der Waals surface area contributed by atoms with Gasteiger partial charge in [-0.15, -0.1) is 11.8 Å². The van der Waals surface area contributed by atoms with E-state index in [1.807, 2.05) is 6.07 Å². The second kappa shape index (κ2) is 7.11. The summed E-state index contributed by atoms with van der Waals surface area (Å²) in [6.07, 6.45) is 3.33. The molecular formula is C13H15N3O4S2. The highest BCUT2D eigenvalue weighted by atomic mass is 32.2. The van der Waals surface area contributed by atoms with Crippen LogP contribution in [0.3, 0.4) is 0 Å². The van der Waals surface area contributed by atoms with Crippen LogP contribution in [0, 0.1) is 22.0 Å². The van der Waals surface area contributed by atoms with Crippen molar-refractivity contribution in [3.63, 3.8) is 0 Å². The predicted molar refractivity (Wildman–Crippen MR) is 82.8 cm³/mol. The number of aromatic hydroxyl groups is 1. The molecule has 2 heterocycles. The van der Waals surface area contributed by atoms with Crippen LogP contribution in [0.15, 0.2) is 18.5 Å². The van der Waals surface area contributed by atoms with Gasteiger partial charge in [-0.3, -0.25) is 0 Å². The summed E-state index contributed by atoms with van der Waals surface area (Å²) in [5.41, 5.74) is 0. The lowest BCUT2D eigenvalue weighted by atomic mass is 10.0. The molecule has 118 valence electrons. The number of nitrogens with zero attached hydrogens (tertiary/aromatic N) is 3. The average Bonchev–Trinajstić information content (AvgIpc) is 2.83. The normalized spacial score (nSPS) is 27.9. The maximum Gasteiger partial charge on any atom is 0.266 e. The van der Waals surface area contributed by atoms with Gasteiger partial charge in [0.1, 0.15) is 11.3 Å². The Morgan fingerprint density at radius 2 is 2.36 bits per heavy atom. The first-order chi connectivity index (χ1) is 10.5. The topological polar surface area (TPSA) is 112 Å². The Balaban J connectivity index is 2.39. The van der Waals surface area contributed by atoms with Gasteiger partial charge in [-0.25, -0.2) is 0 Å². The van der Waals surface area contributed by atoms with Gasteiger partial charge in [-0.1, -0.05) is 6.08 Å². The fraction of sp³-hybridized carbons (Fsp3) is 0.462. The van der Waals surface area contributed by atoms with E-state index in [2.05, 4.69) is 4.98 Å². The summed E-state index contributed by atoms with van der Waals surface area (Å²) in [5, 5.41) is 37.5. The quantitative estimate of drug-likeness (QED) is 0.556. The van der Waals surface area contributed by atoms with Crippen molar-refractivity contribution in [3.8, 4) is 17.7 Å². The van der Waals surface area contributed by atoms with Crippen LogP contribution in [0.25, 0.3) is 0 Å². The molecule has 7 nitrogen and oxygen atoms in total. The number of aliphatic hydroxyl groups is 2. The van der Waals surface area contributed by atoms with Gasteiger partial charge in [0.15, 0.2) is 5.75 Å². The van der Waals surface area contributed by atoms with Crippen LogP contribution in [-0.2, 0) is 0 Å². The predicted octanol–water partition coefficient (Wildman–Crippen LogP) is 1.34. The molecule has 0 spiro atoms. The van der Waals surface area contributed by atoms with Crippen molar-refractivity contribution in [2.24, 2.45) is 5.92 Å². The molecule has 9 heteroatoms. The second-order valence-electron chi connectivity index (χ2n) is 4.60. The van der Waals surface area contributed by atoms with E-state index in [-0.39, 0.29) is 23.0 Å². The highest BCUT2D eigenvalue weighted by Gasteiger charge is 2.44. The molecule has 1 saturated heterocycles. The van der Waals surface area contributed by atoms with Crippen LogP contribution in [0.4, 0.5) is 0 Å². The minimum Gasteiger partial charge on any atom is -0.502 e. The van der Waals surface area contributed by atoms with Crippen molar-refractivity contribution in [1.29, 1.82) is 5.26 Å². The molecule has 0 amide bonds. The third-order valence-electron chi connectivity index (χ3n) is 3.19. The largest absolute Gasteiger partial charge is 0.502 e. The number of hydrogen-bond donors (Lipinski definition) is 3. The van der Waals surface area contributed by atoms with Crippen molar-refractivity contribution in [2.45, 2.75) is 23.7 Å². The summed E-state index contributed by atoms with van der Waals surface area (Å²) in [5.74, 6) is -1.03. The van der Waals surface area contributed by atoms with E-state index >= 15 is 0 Å². The molecule has 0 aliphatic carbocycles. The Bertz CT molecular complexity index is 670. The lowest BCUT2D eigenvalue weighted by molar-refractivity contribution is 0.111. The van der Waals surface area contributed by atoms with E-state index in [1.165, 1.54) is 28.8 Å². The minimum atomic E-state index is -0.979. The molecule has 1 aliphatic heterocycles. The minimum absolute atomic E-state index is 0.0323. The van der Waals surface area contributed by atoms with Gasteiger partial charge in [-0.2, -0.15) is 10.2 Å². The monoisotopic (exact) mass is 341 g/mol. The van der Waals surface area contributed by atoms with Gasteiger partial charge in [-0.05, 0) is 19.1 Å². The van der Waals surface area contributed by atoms with Gasteiger partial charge < -0.3 is 24.6 Å². The molecule has 4 unspecified atom stereocenters. The zero-order valence-corrected chi connectivity index (χ0v) is 13.3.